The first-order valence-corrected chi connectivity index (χ1v) is 6.87. The van der Waals surface area contributed by atoms with E-state index in [9.17, 15) is 4.79 Å². The highest BCUT2D eigenvalue weighted by Gasteiger charge is 2.09. The second-order valence-corrected chi connectivity index (χ2v) is 5.40. The standard InChI is InChI=1S/C17H17N3O/c1-10-7-14-15(8-11(10)2)17(21)20-19-16(14)9-12-3-5-13(18)6-4-12/h3-8H,9,18H2,1-2H3,(H,20,21). The van der Waals surface area contributed by atoms with Crippen molar-refractivity contribution >= 4 is 16.5 Å². The Labute approximate surface area is 122 Å². The SMILES string of the molecule is Cc1cc2c(Cc3ccc(N)cc3)n[nH]c(=O)c2cc1C. The van der Waals surface area contributed by atoms with Gasteiger partial charge in [-0.3, -0.25) is 4.79 Å². The third kappa shape index (κ3) is 2.52. The molecular weight excluding hydrogens is 262 g/mol. The first kappa shape index (κ1) is 13.4. The fourth-order valence-electron chi connectivity index (χ4n) is 2.45. The molecule has 0 spiro atoms. The number of fused-ring (bicyclic) bond motifs is 1. The van der Waals surface area contributed by atoms with Crippen molar-refractivity contribution in [1.29, 1.82) is 0 Å². The molecule has 2 aromatic carbocycles. The second-order valence-electron chi connectivity index (χ2n) is 5.40. The number of aromatic nitrogens is 2. The Morgan fingerprint density at radius 3 is 2.33 bits per heavy atom. The molecule has 4 nitrogen and oxygen atoms in total. The van der Waals surface area contributed by atoms with Crippen molar-refractivity contribution in [2.75, 3.05) is 5.73 Å². The van der Waals surface area contributed by atoms with Gasteiger partial charge in [0.1, 0.15) is 0 Å². The number of aryl methyl sites for hydroxylation is 2. The van der Waals surface area contributed by atoms with E-state index in [1.165, 1.54) is 0 Å². The summed E-state index contributed by atoms with van der Waals surface area (Å²) in [5.74, 6) is 0. The van der Waals surface area contributed by atoms with Crippen LogP contribution in [-0.2, 0) is 6.42 Å². The van der Waals surface area contributed by atoms with Crippen LogP contribution in [0.4, 0.5) is 5.69 Å². The Morgan fingerprint density at radius 2 is 1.67 bits per heavy atom. The van der Waals surface area contributed by atoms with Crippen LogP contribution in [0.15, 0.2) is 41.2 Å². The highest BCUT2D eigenvalue weighted by molar-refractivity contribution is 5.85. The van der Waals surface area contributed by atoms with Crippen LogP contribution in [0.25, 0.3) is 10.8 Å². The lowest BCUT2D eigenvalue weighted by Crippen LogP contribution is -2.12. The lowest BCUT2D eigenvalue weighted by atomic mass is 10.00. The molecule has 4 heteroatoms. The number of anilines is 1. The summed E-state index contributed by atoms with van der Waals surface area (Å²) in [5, 5.41) is 8.43. The molecule has 3 N–H and O–H groups in total. The molecule has 0 aliphatic heterocycles. The molecule has 0 fully saturated rings. The van der Waals surface area contributed by atoms with Crippen molar-refractivity contribution in [3.8, 4) is 0 Å². The molecule has 0 radical (unpaired) electrons. The number of H-pyrrole nitrogens is 1. The fraction of sp³-hybridized carbons (Fsp3) is 0.176. The quantitative estimate of drug-likeness (QED) is 0.708. The maximum atomic E-state index is 12.0. The third-order valence-corrected chi connectivity index (χ3v) is 3.83. The maximum Gasteiger partial charge on any atom is 0.272 e. The first-order chi connectivity index (χ1) is 10.0. The number of nitrogens with one attached hydrogen (secondary N) is 1. The number of hydrogen-bond acceptors (Lipinski definition) is 3. The van der Waals surface area contributed by atoms with Crippen molar-refractivity contribution in [2.45, 2.75) is 20.3 Å². The number of nitrogens with two attached hydrogens (primary N) is 1. The van der Waals surface area contributed by atoms with Gasteiger partial charge in [0, 0.05) is 17.5 Å². The zero-order valence-corrected chi connectivity index (χ0v) is 12.1. The van der Waals surface area contributed by atoms with Gasteiger partial charge in [-0.1, -0.05) is 12.1 Å². The van der Waals surface area contributed by atoms with E-state index >= 15 is 0 Å². The van der Waals surface area contributed by atoms with Crippen molar-refractivity contribution in [1.82, 2.24) is 10.2 Å². The van der Waals surface area contributed by atoms with Gasteiger partial charge in [0.05, 0.1) is 11.1 Å². The average Bonchev–Trinajstić information content (AvgIpc) is 2.46. The molecule has 3 rings (SSSR count). The number of nitrogen functional groups attached to an aromatic ring is 1. The Bertz CT molecular complexity index is 864. The molecule has 3 aromatic rings. The Balaban J connectivity index is 2.14. The highest BCUT2D eigenvalue weighted by Crippen LogP contribution is 2.21. The number of rotatable bonds is 2. The van der Waals surface area contributed by atoms with Gasteiger partial charge in [0.2, 0.25) is 0 Å². The Hall–Kier alpha value is -2.62. The van der Waals surface area contributed by atoms with Gasteiger partial charge in [-0.15, -0.1) is 0 Å². The number of hydrogen-bond donors (Lipinski definition) is 2. The molecule has 0 saturated heterocycles. The van der Waals surface area contributed by atoms with E-state index in [0.717, 1.165) is 33.5 Å². The van der Waals surface area contributed by atoms with E-state index in [1.807, 2.05) is 50.2 Å². The summed E-state index contributed by atoms with van der Waals surface area (Å²) in [7, 11) is 0. The van der Waals surface area contributed by atoms with Crippen LogP contribution >= 0.6 is 0 Å². The summed E-state index contributed by atoms with van der Waals surface area (Å²) < 4.78 is 0. The Kier molecular flexibility index (Phi) is 3.22. The van der Waals surface area contributed by atoms with E-state index in [4.69, 9.17) is 5.73 Å². The van der Waals surface area contributed by atoms with Crippen LogP contribution < -0.4 is 11.3 Å². The summed E-state index contributed by atoms with van der Waals surface area (Å²) in [6.07, 6.45) is 0.663. The van der Waals surface area contributed by atoms with Crippen molar-refractivity contribution in [2.24, 2.45) is 0 Å². The van der Waals surface area contributed by atoms with Crippen LogP contribution in [-0.4, -0.2) is 10.2 Å². The van der Waals surface area contributed by atoms with E-state index in [2.05, 4.69) is 10.2 Å². The van der Waals surface area contributed by atoms with E-state index < -0.39 is 0 Å². The number of aromatic amines is 1. The monoisotopic (exact) mass is 279 g/mol. The van der Waals surface area contributed by atoms with Crippen LogP contribution in [0.5, 0.6) is 0 Å². The van der Waals surface area contributed by atoms with Crippen molar-refractivity contribution in [3.63, 3.8) is 0 Å². The fourth-order valence-corrected chi connectivity index (χ4v) is 2.45. The van der Waals surface area contributed by atoms with Crippen molar-refractivity contribution < 1.29 is 0 Å². The molecular formula is C17H17N3O. The van der Waals surface area contributed by atoms with Crippen LogP contribution in [0, 0.1) is 13.8 Å². The molecule has 0 amide bonds. The van der Waals surface area contributed by atoms with Gasteiger partial charge in [-0.25, -0.2) is 5.10 Å². The predicted molar refractivity (Wildman–Crippen MR) is 85.5 cm³/mol. The minimum atomic E-state index is -0.144. The van der Waals surface area contributed by atoms with E-state index in [-0.39, 0.29) is 5.56 Å². The molecule has 1 heterocycles. The van der Waals surface area contributed by atoms with Gasteiger partial charge < -0.3 is 5.73 Å². The van der Waals surface area contributed by atoms with Gasteiger partial charge in [0.15, 0.2) is 0 Å². The van der Waals surface area contributed by atoms with E-state index in [1.54, 1.807) is 0 Å². The molecule has 0 aliphatic rings. The summed E-state index contributed by atoms with van der Waals surface area (Å²) in [4.78, 5) is 12.0. The summed E-state index contributed by atoms with van der Waals surface area (Å²) >= 11 is 0. The smallest absolute Gasteiger partial charge is 0.272 e. The number of nitrogens with zero attached hydrogens (tertiary/aromatic N) is 1. The molecule has 0 aliphatic carbocycles. The summed E-state index contributed by atoms with van der Waals surface area (Å²) in [5.41, 5.74) is 10.6. The topological polar surface area (TPSA) is 71.8 Å². The van der Waals surface area contributed by atoms with Crippen LogP contribution in [0.2, 0.25) is 0 Å². The highest BCUT2D eigenvalue weighted by atomic mass is 16.1. The summed E-state index contributed by atoms with van der Waals surface area (Å²) in [6, 6.07) is 11.7. The Morgan fingerprint density at radius 1 is 1.05 bits per heavy atom. The number of benzene rings is 2. The molecule has 0 bridgehead atoms. The lowest BCUT2D eigenvalue weighted by Gasteiger charge is -2.08. The molecule has 0 atom stereocenters. The van der Waals surface area contributed by atoms with E-state index in [0.29, 0.717) is 11.8 Å². The first-order valence-electron chi connectivity index (χ1n) is 6.87. The van der Waals surface area contributed by atoms with Crippen molar-refractivity contribution in [3.05, 3.63) is 69.1 Å². The molecule has 0 saturated carbocycles. The molecule has 0 unspecified atom stereocenters. The lowest BCUT2D eigenvalue weighted by molar-refractivity contribution is 0.933. The van der Waals surface area contributed by atoms with Gasteiger partial charge >= 0.3 is 0 Å². The normalized spacial score (nSPS) is 11.0. The molecule has 21 heavy (non-hydrogen) atoms. The van der Waals surface area contributed by atoms with Gasteiger partial charge in [0.25, 0.3) is 5.56 Å². The average molecular weight is 279 g/mol. The van der Waals surface area contributed by atoms with Gasteiger partial charge in [-0.2, -0.15) is 5.10 Å². The predicted octanol–water partition coefficient (Wildman–Crippen LogP) is 2.71. The molecule has 106 valence electrons. The second kappa shape index (κ2) is 5.05. The molecule has 1 aromatic heterocycles. The third-order valence-electron chi connectivity index (χ3n) is 3.83. The van der Waals surface area contributed by atoms with Gasteiger partial charge in [-0.05, 0) is 54.8 Å². The maximum absolute atomic E-state index is 12.0. The largest absolute Gasteiger partial charge is 0.399 e. The zero-order valence-electron chi connectivity index (χ0n) is 12.1. The minimum Gasteiger partial charge on any atom is -0.399 e. The summed E-state index contributed by atoms with van der Waals surface area (Å²) in [6.45, 7) is 4.05. The minimum absolute atomic E-state index is 0.144. The zero-order chi connectivity index (χ0) is 15.0. The van der Waals surface area contributed by atoms with Crippen LogP contribution in [0.3, 0.4) is 0 Å². The van der Waals surface area contributed by atoms with Crippen LogP contribution in [0.1, 0.15) is 22.4 Å².